The number of hydrogen-bond donors (Lipinski definition) is 1. The van der Waals surface area contributed by atoms with Crippen molar-refractivity contribution in [2.75, 3.05) is 19.4 Å². The molecule has 0 aromatic carbocycles. The topological polar surface area (TPSA) is 38.3 Å². The second-order valence-corrected chi connectivity index (χ2v) is 5.32. The molecule has 0 amide bonds. The van der Waals surface area contributed by atoms with Crippen LogP contribution in [0.15, 0.2) is 12.3 Å². The standard InChI is InChI=1S/C10H17NO2S/c1-10(5-3-7-14-10)8-11-6-4-9(12)13-2/h4,6,11H,3,5,7-8H2,1-2H3/b6-4+. The van der Waals surface area contributed by atoms with Gasteiger partial charge >= 0.3 is 5.97 Å². The number of hydrogen-bond acceptors (Lipinski definition) is 4. The summed E-state index contributed by atoms with van der Waals surface area (Å²) in [6.07, 6.45) is 5.61. The van der Waals surface area contributed by atoms with E-state index in [1.54, 1.807) is 6.20 Å². The first-order valence-corrected chi connectivity index (χ1v) is 5.77. The van der Waals surface area contributed by atoms with Crippen molar-refractivity contribution >= 4 is 17.7 Å². The van der Waals surface area contributed by atoms with Gasteiger partial charge in [-0.2, -0.15) is 11.8 Å². The molecule has 80 valence electrons. The summed E-state index contributed by atoms with van der Waals surface area (Å²) in [5.74, 6) is 0.931. The molecule has 0 aliphatic carbocycles. The predicted octanol–water partition coefficient (Wildman–Crippen LogP) is 1.55. The molecule has 1 atom stereocenters. The minimum Gasteiger partial charge on any atom is -0.466 e. The van der Waals surface area contributed by atoms with Crippen molar-refractivity contribution in [2.45, 2.75) is 24.5 Å². The van der Waals surface area contributed by atoms with Gasteiger partial charge in [0.2, 0.25) is 0 Å². The van der Waals surface area contributed by atoms with E-state index < -0.39 is 0 Å². The molecule has 0 aromatic heterocycles. The van der Waals surface area contributed by atoms with Crippen LogP contribution in [0.4, 0.5) is 0 Å². The summed E-state index contributed by atoms with van der Waals surface area (Å²) in [7, 11) is 1.38. The van der Waals surface area contributed by atoms with Gasteiger partial charge < -0.3 is 10.1 Å². The third-order valence-electron chi connectivity index (χ3n) is 2.31. The van der Waals surface area contributed by atoms with Crippen molar-refractivity contribution in [3.05, 3.63) is 12.3 Å². The van der Waals surface area contributed by atoms with Crippen LogP contribution in [0.5, 0.6) is 0 Å². The largest absolute Gasteiger partial charge is 0.466 e. The van der Waals surface area contributed by atoms with E-state index in [1.165, 1.54) is 31.8 Å². The third kappa shape index (κ3) is 3.62. The van der Waals surface area contributed by atoms with Crippen molar-refractivity contribution in [1.29, 1.82) is 0 Å². The highest BCUT2D eigenvalue weighted by atomic mass is 32.2. The van der Waals surface area contributed by atoms with E-state index in [-0.39, 0.29) is 5.97 Å². The average Bonchev–Trinajstić information content (AvgIpc) is 2.60. The van der Waals surface area contributed by atoms with Crippen molar-refractivity contribution in [3.8, 4) is 0 Å². The van der Waals surface area contributed by atoms with E-state index in [0.29, 0.717) is 4.75 Å². The van der Waals surface area contributed by atoms with E-state index in [9.17, 15) is 4.79 Å². The molecule has 0 spiro atoms. The molecular formula is C10H17NO2S. The minimum atomic E-state index is -0.318. The van der Waals surface area contributed by atoms with Crippen LogP contribution in [0.2, 0.25) is 0 Å². The fraction of sp³-hybridized carbons (Fsp3) is 0.700. The SMILES string of the molecule is COC(=O)/C=C/NCC1(C)CCCS1. The van der Waals surface area contributed by atoms with Crippen molar-refractivity contribution < 1.29 is 9.53 Å². The molecule has 3 nitrogen and oxygen atoms in total. The maximum Gasteiger partial charge on any atom is 0.331 e. The zero-order valence-electron chi connectivity index (χ0n) is 8.71. The lowest BCUT2D eigenvalue weighted by atomic mass is 10.1. The first-order valence-electron chi connectivity index (χ1n) is 4.78. The van der Waals surface area contributed by atoms with Gasteiger partial charge in [0.25, 0.3) is 0 Å². The molecular weight excluding hydrogens is 198 g/mol. The van der Waals surface area contributed by atoms with Crippen LogP contribution in [0, 0.1) is 0 Å². The molecule has 14 heavy (non-hydrogen) atoms. The molecule has 0 aromatic rings. The number of thioether (sulfide) groups is 1. The maximum atomic E-state index is 10.7. The number of nitrogens with one attached hydrogen (secondary N) is 1. The number of ether oxygens (including phenoxy) is 1. The number of carbonyl (C=O) groups excluding carboxylic acids is 1. The summed E-state index contributed by atoms with van der Waals surface area (Å²) in [6, 6.07) is 0. The molecule has 1 fully saturated rings. The fourth-order valence-corrected chi connectivity index (χ4v) is 2.70. The minimum absolute atomic E-state index is 0.318. The van der Waals surface area contributed by atoms with E-state index in [0.717, 1.165) is 6.54 Å². The highest BCUT2D eigenvalue weighted by Crippen LogP contribution is 2.36. The highest BCUT2D eigenvalue weighted by molar-refractivity contribution is 8.00. The molecule has 1 N–H and O–H groups in total. The molecule has 0 bridgehead atoms. The van der Waals surface area contributed by atoms with Gasteiger partial charge in [0.1, 0.15) is 0 Å². The van der Waals surface area contributed by atoms with E-state index in [1.807, 2.05) is 11.8 Å². The van der Waals surface area contributed by atoms with Gasteiger partial charge in [-0.25, -0.2) is 4.79 Å². The van der Waals surface area contributed by atoms with E-state index in [4.69, 9.17) is 0 Å². The smallest absolute Gasteiger partial charge is 0.331 e. The van der Waals surface area contributed by atoms with Crippen molar-refractivity contribution in [2.24, 2.45) is 0 Å². The lowest BCUT2D eigenvalue weighted by molar-refractivity contribution is -0.134. The van der Waals surface area contributed by atoms with E-state index >= 15 is 0 Å². The van der Waals surface area contributed by atoms with Crippen LogP contribution in [-0.2, 0) is 9.53 Å². The molecule has 0 saturated carbocycles. The van der Waals surface area contributed by atoms with Gasteiger partial charge in [-0.05, 0) is 25.5 Å². The number of methoxy groups -OCH3 is 1. The Bertz CT molecular complexity index is 222. The van der Waals surface area contributed by atoms with Gasteiger partial charge in [0.05, 0.1) is 7.11 Å². The van der Waals surface area contributed by atoms with Gasteiger partial charge in [-0.15, -0.1) is 0 Å². The van der Waals surface area contributed by atoms with Crippen molar-refractivity contribution in [1.82, 2.24) is 5.32 Å². The van der Waals surface area contributed by atoms with Crippen LogP contribution in [0.1, 0.15) is 19.8 Å². The molecule has 1 aliphatic heterocycles. The predicted molar refractivity (Wildman–Crippen MR) is 59.3 cm³/mol. The summed E-state index contributed by atoms with van der Waals surface area (Å²) < 4.78 is 4.81. The maximum absolute atomic E-state index is 10.7. The Morgan fingerprint density at radius 1 is 1.71 bits per heavy atom. The van der Waals surface area contributed by atoms with Gasteiger partial charge in [-0.1, -0.05) is 0 Å². The summed E-state index contributed by atoms with van der Waals surface area (Å²) in [6.45, 7) is 3.16. The quantitative estimate of drug-likeness (QED) is 0.570. The number of carbonyl (C=O) groups is 1. The summed E-state index contributed by atoms with van der Waals surface area (Å²) >= 11 is 2.00. The third-order valence-corrected chi connectivity index (χ3v) is 3.85. The Balaban J connectivity index is 2.20. The van der Waals surface area contributed by atoms with Crippen LogP contribution in [-0.4, -0.2) is 30.1 Å². The van der Waals surface area contributed by atoms with Gasteiger partial charge in [-0.3, -0.25) is 0 Å². The zero-order valence-corrected chi connectivity index (χ0v) is 9.52. The van der Waals surface area contributed by atoms with Gasteiger partial charge in [0, 0.05) is 23.6 Å². The Hall–Kier alpha value is -0.640. The second kappa shape index (κ2) is 5.29. The highest BCUT2D eigenvalue weighted by Gasteiger charge is 2.28. The Morgan fingerprint density at radius 3 is 3.07 bits per heavy atom. The first kappa shape index (κ1) is 11.4. The van der Waals surface area contributed by atoms with Crippen LogP contribution in [0.25, 0.3) is 0 Å². The monoisotopic (exact) mass is 215 g/mol. The first-order chi connectivity index (χ1) is 6.66. The van der Waals surface area contributed by atoms with Crippen molar-refractivity contribution in [3.63, 3.8) is 0 Å². The Labute approximate surface area is 89.3 Å². The lowest BCUT2D eigenvalue weighted by Crippen LogP contribution is -2.29. The molecule has 1 saturated heterocycles. The summed E-state index contributed by atoms with van der Waals surface area (Å²) in [5.41, 5.74) is 0. The number of rotatable bonds is 4. The molecule has 4 heteroatoms. The second-order valence-electron chi connectivity index (χ2n) is 3.64. The lowest BCUT2D eigenvalue weighted by Gasteiger charge is -2.21. The molecule has 0 radical (unpaired) electrons. The zero-order chi connectivity index (χ0) is 10.4. The van der Waals surface area contributed by atoms with Crippen LogP contribution in [0.3, 0.4) is 0 Å². The molecule has 1 heterocycles. The summed E-state index contributed by atoms with van der Waals surface area (Å²) in [5, 5.41) is 3.13. The van der Waals surface area contributed by atoms with Crippen LogP contribution < -0.4 is 5.32 Å². The molecule has 1 rings (SSSR count). The fourth-order valence-electron chi connectivity index (χ4n) is 1.45. The van der Waals surface area contributed by atoms with E-state index in [2.05, 4.69) is 17.0 Å². The Morgan fingerprint density at radius 2 is 2.50 bits per heavy atom. The average molecular weight is 215 g/mol. The normalized spacial score (nSPS) is 26.7. The summed E-state index contributed by atoms with van der Waals surface area (Å²) in [4.78, 5) is 10.7. The molecule has 1 unspecified atom stereocenters. The van der Waals surface area contributed by atoms with Crippen LogP contribution >= 0.6 is 11.8 Å². The molecule has 1 aliphatic rings. The number of esters is 1. The van der Waals surface area contributed by atoms with Gasteiger partial charge in [0.15, 0.2) is 0 Å². The Kier molecular flexibility index (Phi) is 4.32.